The molecule has 3 aromatic rings. The van der Waals surface area contributed by atoms with Gasteiger partial charge in [-0.05, 0) is 30.3 Å². The molecule has 0 atom stereocenters. The first-order valence-corrected chi connectivity index (χ1v) is 8.33. The van der Waals surface area contributed by atoms with Gasteiger partial charge in [-0.3, -0.25) is 9.89 Å². The molecule has 0 unspecified atom stereocenters. The molecule has 0 fully saturated rings. The van der Waals surface area contributed by atoms with E-state index in [-0.39, 0.29) is 23.4 Å². The van der Waals surface area contributed by atoms with Gasteiger partial charge in [0.1, 0.15) is 17.3 Å². The smallest absolute Gasteiger partial charge is 0.387 e. The van der Waals surface area contributed by atoms with Crippen LogP contribution in [0.1, 0.15) is 21.7 Å². The molecule has 29 heavy (non-hydrogen) atoms. The van der Waals surface area contributed by atoms with Crippen molar-refractivity contribution in [3.8, 4) is 29.0 Å². The highest BCUT2D eigenvalue weighted by atomic mass is 19.3. The predicted molar refractivity (Wildman–Crippen MR) is 97.3 cm³/mol. The van der Waals surface area contributed by atoms with E-state index in [1.165, 1.54) is 19.2 Å². The zero-order chi connectivity index (χ0) is 20.8. The van der Waals surface area contributed by atoms with Crippen LogP contribution in [-0.4, -0.2) is 34.8 Å². The molecule has 8 nitrogen and oxygen atoms in total. The lowest BCUT2D eigenvalue weighted by Gasteiger charge is -2.10. The van der Waals surface area contributed by atoms with Crippen molar-refractivity contribution in [3.63, 3.8) is 0 Å². The maximum absolute atomic E-state index is 12.6. The van der Waals surface area contributed by atoms with Crippen LogP contribution in [0, 0.1) is 11.3 Å². The number of aromatic nitrogens is 3. The number of halogens is 2. The third-order valence-electron chi connectivity index (χ3n) is 3.87. The Balaban J connectivity index is 1.75. The number of hydrogen-bond acceptors (Lipinski definition) is 6. The molecule has 1 amide bonds. The van der Waals surface area contributed by atoms with Crippen LogP contribution in [0.3, 0.4) is 0 Å². The first-order valence-electron chi connectivity index (χ1n) is 8.33. The Labute approximate surface area is 164 Å². The highest BCUT2D eigenvalue weighted by molar-refractivity contribution is 5.97. The number of para-hydroxylation sites is 1. The fraction of sp³-hybridized carbons (Fsp3) is 0.158. The molecule has 0 bridgehead atoms. The number of hydrogen-bond donors (Lipinski definition) is 2. The molecular weight excluding hydrogens is 384 g/mol. The van der Waals surface area contributed by atoms with E-state index in [0.29, 0.717) is 23.0 Å². The number of amides is 1. The number of nitrogens with one attached hydrogen (secondary N) is 2. The summed E-state index contributed by atoms with van der Waals surface area (Å²) in [6, 6.07) is 12.6. The Bertz CT molecular complexity index is 1060. The summed E-state index contributed by atoms with van der Waals surface area (Å²) in [6.45, 7) is -3.15. The number of alkyl halides is 2. The van der Waals surface area contributed by atoms with E-state index in [9.17, 15) is 13.6 Å². The number of rotatable bonds is 7. The Hall–Kier alpha value is -4.00. The fourth-order valence-electron chi connectivity index (χ4n) is 2.56. The maximum Gasteiger partial charge on any atom is 0.387 e. The number of carbonyl (C=O) groups is 1. The molecule has 0 aliphatic carbocycles. The zero-order valence-electron chi connectivity index (χ0n) is 15.1. The number of nitrogens with zero attached hydrogens (tertiary/aromatic N) is 3. The van der Waals surface area contributed by atoms with Crippen molar-refractivity contribution >= 4 is 5.91 Å². The van der Waals surface area contributed by atoms with E-state index in [1.54, 1.807) is 12.1 Å². The SMILES string of the molecule is COc1ccccc1-c1n[nH]c(CNC(=O)c2cc(C#N)ccc2OC(F)F)n1. The van der Waals surface area contributed by atoms with Gasteiger partial charge in [0.15, 0.2) is 5.82 Å². The van der Waals surface area contributed by atoms with E-state index >= 15 is 0 Å². The van der Waals surface area contributed by atoms with Crippen LogP contribution in [-0.2, 0) is 6.54 Å². The molecule has 2 N–H and O–H groups in total. The van der Waals surface area contributed by atoms with Crippen molar-refractivity contribution < 1.29 is 23.0 Å². The summed E-state index contributed by atoms with van der Waals surface area (Å²) in [7, 11) is 1.53. The van der Waals surface area contributed by atoms with Gasteiger partial charge in [-0.15, -0.1) is 0 Å². The Morgan fingerprint density at radius 2 is 2.07 bits per heavy atom. The van der Waals surface area contributed by atoms with E-state index in [4.69, 9.17) is 10.00 Å². The van der Waals surface area contributed by atoms with Crippen LogP contribution >= 0.6 is 0 Å². The highest BCUT2D eigenvalue weighted by Gasteiger charge is 2.18. The zero-order valence-corrected chi connectivity index (χ0v) is 15.1. The summed E-state index contributed by atoms with van der Waals surface area (Å²) in [5, 5.41) is 18.3. The van der Waals surface area contributed by atoms with E-state index in [1.807, 2.05) is 18.2 Å². The van der Waals surface area contributed by atoms with Gasteiger partial charge in [-0.1, -0.05) is 12.1 Å². The van der Waals surface area contributed by atoms with Crippen molar-refractivity contribution in [3.05, 3.63) is 59.4 Å². The van der Waals surface area contributed by atoms with Gasteiger partial charge in [0, 0.05) is 0 Å². The minimum atomic E-state index is -3.10. The second-order valence-corrected chi connectivity index (χ2v) is 5.69. The second-order valence-electron chi connectivity index (χ2n) is 5.69. The number of H-pyrrole nitrogens is 1. The van der Waals surface area contributed by atoms with Gasteiger partial charge in [0.25, 0.3) is 5.91 Å². The summed E-state index contributed by atoms with van der Waals surface area (Å²) >= 11 is 0. The van der Waals surface area contributed by atoms with Crippen LogP contribution in [0.2, 0.25) is 0 Å². The molecule has 3 rings (SSSR count). The summed E-state index contributed by atoms with van der Waals surface area (Å²) in [4.78, 5) is 16.7. The van der Waals surface area contributed by atoms with Crippen molar-refractivity contribution in [1.29, 1.82) is 5.26 Å². The number of nitriles is 1. The molecule has 1 heterocycles. The standard InChI is InChI=1S/C19H15F2N5O3/c1-28-14-5-3-2-4-12(14)17-24-16(25-26-17)10-23-18(27)13-8-11(9-22)6-7-15(13)29-19(20)21/h2-8,19H,10H2,1H3,(H,23,27)(H,24,25,26). The van der Waals surface area contributed by atoms with E-state index in [0.717, 1.165) is 6.07 Å². The number of methoxy groups -OCH3 is 1. The Morgan fingerprint density at radius 3 is 2.79 bits per heavy atom. The third-order valence-corrected chi connectivity index (χ3v) is 3.87. The summed E-state index contributed by atoms with van der Waals surface area (Å²) in [5.41, 5.74) is 0.613. The average molecular weight is 399 g/mol. The summed E-state index contributed by atoms with van der Waals surface area (Å²) in [6.07, 6.45) is 0. The van der Waals surface area contributed by atoms with Crippen molar-refractivity contribution in [2.24, 2.45) is 0 Å². The molecule has 148 valence electrons. The van der Waals surface area contributed by atoms with Gasteiger partial charge in [-0.2, -0.15) is 19.1 Å². The van der Waals surface area contributed by atoms with E-state index in [2.05, 4.69) is 25.2 Å². The van der Waals surface area contributed by atoms with Crippen molar-refractivity contribution in [2.75, 3.05) is 7.11 Å². The summed E-state index contributed by atoms with van der Waals surface area (Å²) in [5.74, 6) is 0.271. The minimum absolute atomic E-state index is 0.0497. The van der Waals surface area contributed by atoms with Gasteiger partial charge in [0.2, 0.25) is 0 Å². The number of carbonyl (C=O) groups excluding carboxylic acids is 1. The average Bonchev–Trinajstić information content (AvgIpc) is 3.20. The fourth-order valence-corrected chi connectivity index (χ4v) is 2.56. The van der Waals surface area contributed by atoms with Crippen LogP contribution in [0.25, 0.3) is 11.4 Å². The quantitative estimate of drug-likeness (QED) is 0.632. The normalized spacial score (nSPS) is 10.4. The van der Waals surface area contributed by atoms with Crippen molar-refractivity contribution in [1.82, 2.24) is 20.5 Å². The largest absolute Gasteiger partial charge is 0.496 e. The molecule has 2 aromatic carbocycles. The van der Waals surface area contributed by atoms with Crippen LogP contribution in [0.5, 0.6) is 11.5 Å². The van der Waals surface area contributed by atoms with Gasteiger partial charge in [-0.25, -0.2) is 4.98 Å². The molecule has 0 radical (unpaired) electrons. The molecule has 0 aliphatic heterocycles. The monoisotopic (exact) mass is 399 g/mol. The lowest BCUT2D eigenvalue weighted by molar-refractivity contribution is -0.0501. The van der Waals surface area contributed by atoms with E-state index < -0.39 is 12.5 Å². The van der Waals surface area contributed by atoms with Gasteiger partial charge >= 0.3 is 6.61 Å². The third kappa shape index (κ3) is 4.65. The Kier molecular flexibility index (Phi) is 5.99. The minimum Gasteiger partial charge on any atom is -0.496 e. The number of aromatic amines is 1. The van der Waals surface area contributed by atoms with Gasteiger partial charge in [0.05, 0.1) is 36.4 Å². The number of ether oxygens (including phenoxy) is 2. The molecule has 10 heteroatoms. The number of benzene rings is 2. The molecule has 1 aromatic heterocycles. The molecule has 0 spiro atoms. The Morgan fingerprint density at radius 1 is 1.28 bits per heavy atom. The topological polar surface area (TPSA) is 113 Å². The molecule has 0 saturated carbocycles. The van der Waals surface area contributed by atoms with Crippen LogP contribution < -0.4 is 14.8 Å². The molecular formula is C19H15F2N5O3. The van der Waals surface area contributed by atoms with Crippen molar-refractivity contribution in [2.45, 2.75) is 13.2 Å². The second kappa shape index (κ2) is 8.79. The first-order chi connectivity index (χ1) is 14.0. The predicted octanol–water partition coefficient (Wildman–Crippen LogP) is 2.88. The lowest BCUT2D eigenvalue weighted by atomic mass is 10.1. The van der Waals surface area contributed by atoms with Crippen LogP contribution in [0.15, 0.2) is 42.5 Å². The van der Waals surface area contributed by atoms with Gasteiger partial charge < -0.3 is 14.8 Å². The first kappa shape index (κ1) is 19.8. The lowest BCUT2D eigenvalue weighted by Crippen LogP contribution is -2.24. The molecule has 0 aliphatic rings. The molecule has 0 saturated heterocycles. The summed E-state index contributed by atoms with van der Waals surface area (Å²) < 4.78 is 34.8. The maximum atomic E-state index is 12.6. The van der Waals surface area contributed by atoms with Crippen LogP contribution in [0.4, 0.5) is 8.78 Å². The highest BCUT2D eigenvalue weighted by Crippen LogP contribution is 2.26.